The van der Waals surface area contributed by atoms with Crippen LogP contribution in [0.1, 0.15) is 0 Å². The molecule has 0 amide bonds. The van der Waals surface area contributed by atoms with Crippen molar-refractivity contribution in [3.63, 3.8) is 0 Å². The van der Waals surface area contributed by atoms with Gasteiger partial charge in [-0.25, -0.2) is 9.97 Å². The Labute approximate surface area is 169 Å². The largest absolute Gasteiger partial charge is 0.324 e. The monoisotopic (exact) mass is 443 g/mol. The molecular weight excluding hydrogens is 433 g/mol. The number of nitrogens with one attached hydrogen (secondary N) is 1. The molecule has 6 heteroatoms. The van der Waals surface area contributed by atoms with Gasteiger partial charge < -0.3 is 5.32 Å². The number of benzene rings is 3. The lowest BCUT2D eigenvalue weighted by molar-refractivity contribution is 1.21. The average molecular weight is 445 g/mol. The summed E-state index contributed by atoms with van der Waals surface area (Å²) in [5.41, 5.74) is 3.32. The van der Waals surface area contributed by atoms with E-state index in [0.717, 1.165) is 32.3 Å². The predicted molar refractivity (Wildman–Crippen MR) is 112 cm³/mol. The van der Waals surface area contributed by atoms with Crippen molar-refractivity contribution >= 4 is 61.7 Å². The maximum Gasteiger partial charge on any atom is 0.228 e. The van der Waals surface area contributed by atoms with E-state index in [9.17, 15) is 0 Å². The first kappa shape index (κ1) is 17.3. The van der Waals surface area contributed by atoms with E-state index in [1.807, 2.05) is 66.7 Å². The van der Waals surface area contributed by atoms with E-state index in [4.69, 9.17) is 28.2 Å². The Morgan fingerprint density at radius 1 is 0.846 bits per heavy atom. The zero-order valence-electron chi connectivity index (χ0n) is 13.4. The minimum absolute atomic E-state index is 0.497. The third-order valence-corrected chi connectivity index (χ3v) is 4.96. The molecule has 1 aromatic heterocycles. The Morgan fingerprint density at radius 3 is 2.38 bits per heavy atom. The van der Waals surface area contributed by atoms with Crippen LogP contribution in [0.5, 0.6) is 0 Å². The van der Waals surface area contributed by atoms with Gasteiger partial charge in [0, 0.05) is 31.2 Å². The molecule has 0 bridgehead atoms. The molecule has 1 heterocycles. The molecule has 1 N–H and O–H groups in total. The second-order valence-corrected chi connectivity index (χ2v) is 7.43. The van der Waals surface area contributed by atoms with Crippen molar-refractivity contribution in [2.45, 2.75) is 0 Å². The number of hydrogen-bond acceptors (Lipinski definition) is 3. The van der Waals surface area contributed by atoms with Crippen LogP contribution in [0.4, 0.5) is 11.6 Å². The predicted octanol–water partition coefficient (Wildman–Crippen LogP) is 7.11. The molecule has 0 atom stereocenters. The lowest BCUT2D eigenvalue weighted by Gasteiger charge is -2.12. The topological polar surface area (TPSA) is 37.8 Å². The van der Waals surface area contributed by atoms with Crippen LogP contribution in [0.25, 0.3) is 22.2 Å². The molecule has 0 saturated carbocycles. The van der Waals surface area contributed by atoms with Gasteiger partial charge in [-0.15, -0.1) is 0 Å². The Balaban J connectivity index is 1.89. The van der Waals surface area contributed by atoms with Crippen LogP contribution in [0.3, 0.4) is 0 Å². The summed E-state index contributed by atoms with van der Waals surface area (Å²) in [5.74, 6) is 0.497. The molecule has 3 aromatic carbocycles. The zero-order chi connectivity index (χ0) is 18.1. The minimum Gasteiger partial charge on any atom is -0.324 e. The molecule has 0 aliphatic carbocycles. The average Bonchev–Trinajstić information content (AvgIpc) is 2.64. The summed E-state index contributed by atoms with van der Waals surface area (Å²) < 4.78 is 0.959. The Morgan fingerprint density at radius 2 is 1.62 bits per heavy atom. The molecule has 4 aromatic rings. The number of rotatable bonds is 3. The van der Waals surface area contributed by atoms with Crippen LogP contribution in [0.2, 0.25) is 10.0 Å². The number of aromatic nitrogens is 2. The molecule has 0 aliphatic rings. The fraction of sp³-hybridized carbons (Fsp3) is 0. The third kappa shape index (κ3) is 3.54. The van der Waals surface area contributed by atoms with Gasteiger partial charge in [-0.2, -0.15) is 0 Å². The maximum absolute atomic E-state index is 6.42. The maximum atomic E-state index is 6.42. The van der Waals surface area contributed by atoms with Gasteiger partial charge >= 0.3 is 0 Å². The van der Waals surface area contributed by atoms with Crippen molar-refractivity contribution in [2.75, 3.05) is 5.32 Å². The van der Waals surface area contributed by atoms with Gasteiger partial charge in [0.25, 0.3) is 0 Å². The van der Waals surface area contributed by atoms with Crippen LogP contribution in [-0.2, 0) is 0 Å². The van der Waals surface area contributed by atoms with Crippen molar-refractivity contribution in [1.29, 1.82) is 0 Å². The standard InChI is InChI=1S/C20H12BrCl2N3/c21-12-5-10-18-16(11-12)19(15-3-1-2-4-17(15)23)26-20(25-18)24-14-8-6-13(22)7-9-14/h1-11H,(H,24,25,26). The third-order valence-electron chi connectivity index (χ3n) is 3.89. The molecule has 0 spiro atoms. The Hall–Kier alpha value is -2.14. The van der Waals surface area contributed by atoms with E-state index in [1.54, 1.807) is 0 Å². The minimum atomic E-state index is 0.497. The number of halogens is 3. The summed E-state index contributed by atoms with van der Waals surface area (Å²) in [5, 5.41) is 5.48. The van der Waals surface area contributed by atoms with Crippen LogP contribution in [0.15, 0.2) is 71.2 Å². The molecule has 0 radical (unpaired) electrons. The van der Waals surface area contributed by atoms with Crippen LogP contribution in [0, 0.1) is 0 Å². The summed E-state index contributed by atoms with van der Waals surface area (Å²) in [6, 6.07) is 21.0. The summed E-state index contributed by atoms with van der Waals surface area (Å²) in [6.07, 6.45) is 0. The van der Waals surface area contributed by atoms with Gasteiger partial charge in [-0.05, 0) is 48.5 Å². The highest BCUT2D eigenvalue weighted by molar-refractivity contribution is 9.10. The highest BCUT2D eigenvalue weighted by atomic mass is 79.9. The molecule has 4 rings (SSSR count). The van der Waals surface area contributed by atoms with Gasteiger partial charge in [0.1, 0.15) is 0 Å². The van der Waals surface area contributed by atoms with Crippen LogP contribution in [-0.4, -0.2) is 9.97 Å². The number of fused-ring (bicyclic) bond motifs is 1. The normalized spacial score (nSPS) is 10.9. The van der Waals surface area contributed by atoms with Gasteiger partial charge in [-0.3, -0.25) is 0 Å². The smallest absolute Gasteiger partial charge is 0.228 e. The SMILES string of the molecule is Clc1ccc(Nc2nc(-c3ccccc3Cl)c3cc(Br)ccc3n2)cc1. The van der Waals surface area contributed by atoms with Crippen molar-refractivity contribution in [3.05, 3.63) is 81.2 Å². The lowest BCUT2D eigenvalue weighted by atomic mass is 10.1. The summed E-state index contributed by atoms with van der Waals surface area (Å²) in [6.45, 7) is 0. The first-order chi connectivity index (χ1) is 12.6. The molecule has 128 valence electrons. The zero-order valence-corrected chi connectivity index (χ0v) is 16.5. The second kappa shape index (κ2) is 7.23. The molecule has 0 aliphatic heterocycles. The summed E-state index contributed by atoms with van der Waals surface area (Å²) in [7, 11) is 0. The van der Waals surface area contributed by atoms with E-state index < -0.39 is 0 Å². The van der Waals surface area contributed by atoms with E-state index in [1.165, 1.54) is 0 Å². The van der Waals surface area contributed by atoms with Gasteiger partial charge in [0.05, 0.1) is 11.2 Å². The Kier molecular flexibility index (Phi) is 4.81. The van der Waals surface area contributed by atoms with Crippen LogP contribution < -0.4 is 5.32 Å². The Bertz CT molecular complexity index is 1100. The van der Waals surface area contributed by atoms with E-state index >= 15 is 0 Å². The van der Waals surface area contributed by atoms with Crippen molar-refractivity contribution in [3.8, 4) is 11.3 Å². The molecule has 26 heavy (non-hydrogen) atoms. The van der Waals surface area contributed by atoms with Gasteiger partial charge in [-0.1, -0.05) is 57.3 Å². The van der Waals surface area contributed by atoms with Gasteiger partial charge in [0.15, 0.2) is 0 Å². The second-order valence-electron chi connectivity index (χ2n) is 5.67. The highest BCUT2D eigenvalue weighted by Gasteiger charge is 2.13. The van der Waals surface area contributed by atoms with E-state index in [-0.39, 0.29) is 0 Å². The molecular formula is C20H12BrCl2N3. The van der Waals surface area contributed by atoms with E-state index in [2.05, 4.69) is 26.2 Å². The number of anilines is 2. The van der Waals surface area contributed by atoms with Crippen molar-refractivity contribution in [2.24, 2.45) is 0 Å². The van der Waals surface area contributed by atoms with Crippen molar-refractivity contribution < 1.29 is 0 Å². The first-order valence-corrected chi connectivity index (χ1v) is 9.40. The highest BCUT2D eigenvalue weighted by Crippen LogP contribution is 2.34. The van der Waals surface area contributed by atoms with Crippen LogP contribution >= 0.6 is 39.1 Å². The molecule has 3 nitrogen and oxygen atoms in total. The van der Waals surface area contributed by atoms with E-state index in [0.29, 0.717) is 16.0 Å². The molecule has 0 unspecified atom stereocenters. The van der Waals surface area contributed by atoms with Crippen molar-refractivity contribution in [1.82, 2.24) is 9.97 Å². The fourth-order valence-corrected chi connectivity index (χ4v) is 3.39. The number of hydrogen-bond donors (Lipinski definition) is 1. The lowest BCUT2D eigenvalue weighted by Crippen LogP contribution is -2.00. The number of nitrogens with zero attached hydrogens (tertiary/aromatic N) is 2. The first-order valence-electron chi connectivity index (χ1n) is 7.85. The summed E-state index contributed by atoms with van der Waals surface area (Å²) >= 11 is 15.9. The molecule has 0 saturated heterocycles. The van der Waals surface area contributed by atoms with Gasteiger partial charge in [0.2, 0.25) is 5.95 Å². The quantitative estimate of drug-likeness (QED) is 0.365. The molecule has 0 fully saturated rings. The fourth-order valence-electron chi connectivity index (χ4n) is 2.68. The summed E-state index contributed by atoms with van der Waals surface area (Å²) in [4.78, 5) is 9.36.